The van der Waals surface area contributed by atoms with Crippen LogP contribution in [0.15, 0.2) is 29.4 Å². The number of hydrogen-bond donors (Lipinski definition) is 3. The standard InChI is InChI=1S/C23H33N7/c1-16-8-7-11-20-18(14-25-22(16)20)12-13-24-23(27-19-9-5-4-6-10-19)26-15-21-29-28-17(2)30(21)3/h7-8,11,14,19,25H,4-6,9-10,12-13,15H2,1-3H3,(H2,24,26,27). The molecule has 1 aliphatic carbocycles. The summed E-state index contributed by atoms with van der Waals surface area (Å²) in [4.78, 5) is 8.24. The Hall–Kier alpha value is -2.83. The van der Waals surface area contributed by atoms with Crippen molar-refractivity contribution in [2.75, 3.05) is 6.54 Å². The minimum Gasteiger partial charge on any atom is -0.361 e. The van der Waals surface area contributed by atoms with E-state index in [1.807, 2.05) is 18.5 Å². The highest BCUT2D eigenvalue weighted by molar-refractivity contribution is 5.86. The van der Waals surface area contributed by atoms with Crippen LogP contribution in [0.5, 0.6) is 0 Å². The van der Waals surface area contributed by atoms with Gasteiger partial charge in [-0.15, -0.1) is 10.2 Å². The number of aromatic nitrogens is 4. The van der Waals surface area contributed by atoms with Gasteiger partial charge in [0.15, 0.2) is 11.8 Å². The van der Waals surface area contributed by atoms with Crippen LogP contribution in [-0.4, -0.2) is 38.3 Å². The number of rotatable bonds is 6. The fourth-order valence-corrected chi connectivity index (χ4v) is 4.22. The molecule has 3 aromatic rings. The van der Waals surface area contributed by atoms with Crippen molar-refractivity contribution < 1.29 is 0 Å². The second kappa shape index (κ2) is 9.32. The van der Waals surface area contributed by atoms with Crippen LogP contribution in [0, 0.1) is 13.8 Å². The summed E-state index contributed by atoms with van der Waals surface area (Å²) < 4.78 is 2.00. The average Bonchev–Trinajstić information content (AvgIpc) is 3.31. The van der Waals surface area contributed by atoms with Crippen molar-refractivity contribution in [3.8, 4) is 0 Å². The Labute approximate surface area is 178 Å². The molecule has 0 spiro atoms. The van der Waals surface area contributed by atoms with Crippen LogP contribution in [0.2, 0.25) is 0 Å². The zero-order valence-electron chi connectivity index (χ0n) is 18.3. The number of aryl methyl sites for hydroxylation is 2. The highest BCUT2D eigenvalue weighted by Crippen LogP contribution is 2.21. The Balaban J connectivity index is 1.42. The van der Waals surface area contributed by atoms with Crippen molar-refractivity contribution in [2.45, 2.75) is 65.0 Å². The Bertz CT molecular complexity index is 1010. The zero-order chi connectivity index (χ0) is 20.9. The van der Waals surface area contributed by atoms with Crippen molar-refractivity contribution >= 4 is 16.9 Å². The van der Waals surface area contributed by atoms with Gasteiger partial charge in [0.2, 0.25) is 0 Å². The van der Waals surface area contributed by atoms with Crippen LogP contribution in [-0.2, 0) is 20.0 Å². The van der Waals surface area contributed by atoms with Gasteiger partial charge in [-0.1, -0.05) is 37.5 Å². The maximum absolute atomic E-state index is 4.82. The zero-order valence-corrected chi connectivity index (χ0v) is 18.3. The lowest BCUT2D eigenvalue weighted by atomic mass is 9.96. The van der Waals surface area contributed by atoms with E-state index in [2.05, 4.69) is 57.1 Å². The van der Waals surface area contributed by atoms with Gasteiger partial charge >= 0.3 is 0 Å². The van der Waals surface area contributed by atoms with Gasteiger partial charge in [0.05, 0.1) is 0 Å². The van der Waals surface area contributed by atoms with Crippen LogP contribution in [0.25, 0.3) is 10.9 Å². The molecule has 160 valence electrons. The molecule has 0 unspecified atom stereocenters. The predicted molar refractivity (Wildman–Crippen MR) is 122 cm³/mol. The molecule has 7 heteroatoms. The van der Waals surface area contributed by atoms with Gasteiger partial charge in [-0.2, -0.15) is 0 Å². The Kier molecular flexibility index (Phi) is 6.35. The summed E-state index contributed by atoms with van der Waals surface area (Å²) in [6, 6.07) is 6.97. The predicted octanol–water partition coefficient (Wildman–Crippen LogP) is 3.52. The summed E-state index contributed by atoms with van der Waals surface area (Å²) in [5.74, 6) is 2.66. The summed E-state index contributed by atoms with van der Waals surface area (Å²) in [6.07, 6.45) is 9.43. The first-order valence-electron chi connectivity index (χ1n) is 11.1. The molecule has 30 heavy (non-hydrogen) atoms. The van der Waals surface area contributed by atoms with E-state index in [1.165, 1.54) is 54.1 Å². The van der Waals surface area contributed by atoms with E-state index in [0.29, 0.717) is 12.6 Å². The van der Waals surface area contributed by atoms with Crippen LogP contribution in [0.3, 0.4) is 0 Å². The average molecular weight is 408 g/mol. The van der Waals surface area contributed by atoms with E-state index < -0.39 is 0 Å². The molecule has 7 nitrogen and oxygen atoms in total. The number of para-hydroxylation sites is 1. The van der Waals surface area contributed by atoms with E-state index in [9.17, 15) is 0 Å². The molecule has 0 atom stereocenters. The fraction of sp³-hybridized carbons (Fsp3) is 0.522. The van der Waals surface area contributed by atoms with Gasteiger partial charge in [0, 0.05) is 36.7 Å². The Morgan fingerprint density at radius 2 is 2.03 bits per heavy atom. The lowest BCUT2D eigenvalue weighted by Crippen LogP contribution is -2.44. The lowest BCUT2D eigenvalue weighted by molar-refractivity contribution is 0.410. The SMILES string of the molecule is Cc1cccc2c(CCNC(=NCc3nnc(C)n3C)NC3CCCCC3)c[nH]c12. The maximum Gasteiger partial charge on any atom is 0.191 e. The van der Waals surface area contributed by atoms with E-state index in [0.717, 1.165) is 30.6 Å². The molecular formula is C23H33N7. The summed E-state index contributed by atoms with van der Waals surface area (Å²) in [6.45, 7) is 5.46. The summed E-state index contributed by atoms with van der Waals surface area (Å²) in [7, 11) is 1.99. The molecule has 1 saturated carbocycles. The van der Waals surface area contributed by atoms with Crippen LogP contribution < -0.4 is 10.6 Å². The number of H-pyrrole nitrogens is 1. The van der Waals surface area contributed by atoms with Crippen molar-refractivity contribution in [1.82, 2.24) is 30.4 Å². The highest BCUT2D eigenvalue weighted by Gasteiger charge is 2.15. The first-order chi connectivity index (χ1) is 14.6. The first-order valence-corrected chi connectivity index (χ1v) is 11.1. The lowest BCUT2D eigenvalue weighted by Gasteiger charge is -2.25. The molecule has 4 rings (SSSR count). The minimum atomic E-state index is 0.502. The third kappa shape index (κ3) is 4.66. The second-order valence-electron chi connectivity index (χ2n) is 8.35. The van der Waals surface area contributed by atoms with E-state index in [1.54, 1.807) is 0 Å². The van der Waals surface area contributed by atoms with Gasteiger partial charge < -0.3 is 20.2 Å². The molecule has 2 aromatic heterocycles. The summed E-state index contributed by atoms with van der Waals surface area (Å²) >= 11 is 0. The number of benzene rings is 1. The first kappa shape index (κ1) is 20.4. The van der Waals surface area contributed by atoms with E-state index in [-0.39, 0.29) is 0 Å². The molecule has 0 bridgehead atoms. The van der Waals surface area contributed by atoms with Gasteiger partial charge in [-0.3, -0.25) is 0 Å². The third-order valence-electron chi connectivity index (χ3n) is 6.20. The molecule has 0 radical (unpaired) electrons. The number of nitrogens with one attached hydrogen (secondary N) is 3. The van der Waals surface area contributed by atoms with Crippen LogP contribution in [0.1, 0.15) is 54.9 Å². The van der Waals surface area contributed by atoms with E-state index in [4.69, 9.17) is 4.99 Å². The number of hydrogen-bond acceptors (Lipinski definition) is 3. The molecule has 0 aliphatic heterocycles. The smallest absolute Gasteiger partial charge is 0.191 e. The van der Waals surface area contributed by atoms with Crippen molar-refractivity contribution in [1.29, 1.82) is 0 Å². The highest BCUT2D eigenvalue weighted by atomic mass is 15.3. The molecule has 3 N–H and O–H groups in total. The summed E-state index contributed by atoms with van der Waals surface area (Å²) in [5, 5.41) is 16.9. The molecule has 1 fully saturated rings. The van der Waals surface area contributed by atoms with Crippen molar-refractivity contribution in [3.63, 3.8) is 0 Å². The minimum absolute atomic E-state index is 0.502. The Morgan fingerprint density at radius 3 is 2.80 bits per heavy atom. The van der Waals surface area contributed by atoms with Crippen molar-refractivity contribution in [3.05, 3.63) is 47.2 Å². The monoisotopic (exact) mass is 407 g/mol. The number of nitrogens with zero attached hydrogens (tertiary/aromatic N) is 4. The fourth-order valence-electron chi connectivity index (χ4n) is 4.22. The summed E-state index contributed by atoms with van der Waals surface area (Å²) in [5.41, 5.74) is 3.86. The number of fused-ring (bicyclic) bond motifs is 1. The molecule has 0 amide bonds. The molecule has 0 saturated heterocycles. The van der Waals surface area contributed by atoms with Gasteiger partial charge in [-0.05, 0) is 44.2 Å². The molecular weight excluding hydrogens is 374 g/mol. The van der Waals surface area contributed by atoms with Gasteiger partial charge in [0.1, 0.15) is 12.4 Å². The maximum atomic E-state index is 4.82. The number of aromatic amines is 1. The molecule has 1 aliphatic rings. The van der Waals surface area contributed by atoms with Crippen molar-refractivity contribution in [2.24, 2.45) is 12.0 Å². The largest absolute Gasteiger partial charge is 0.361 e. The number of guanidine groups is 1. The molecule has 2 heterocycles. The normalized spacial score (nSPS) is 15.6. The van der Waals surface area contributed by atoms with Gasteiger partial charge in [0.25, 0.3) is 0 Å². The molecule has 1 aromatic carbocycles. The third-order valence-corrected chi connectivity index (χ3v) is 6.20. The van der Waals surface area contributed by atoms with Crippen LogP contribution >= 0.6 is 0 Å². The van der Waals surface area contributed by atoms with Gasteiger partial charge in [-0.25, -0.2) is 4.99 Å². The Morgan fingerprint density at radius 1 is 1.20 bits per heavy atom. The second-order valence-corrected chi connectivity index (χ2v) is 8.35. The number of aliphatic imine (C=N–C) groups is 1. The topological polar surface area (TPSA) is 82.9 Å². The van der Waals surface area contributed by atoms with E-state index >= 15 is 0 Å². The van der Waals surface area contributed by atoms with Crippen LogP contribution in [0.4, 0.5) is 0 Å². The quantitative estimate of drug-likeness (QED) is 0.431.